The summed E-state index contributed by atoms with van der Waals surface area (Å²) in [6.07, 6.45) is -0.304. The van der Waals surface area contributed by atoms with E-state index >= 15 is 0 Å². The Hall–Kier alpha value is -2.51. The number of H-pyrrole nitrogens is 1. The lowest BCUT2D eigenvalue weighted by Gasteiger charge is -2.22. The van der Waals surface area contributed by atoms with Crippen LogP contribution in [0.1, 0.15) is 24.2 Å². The summed E-state index contributed by atoms with van der Waals surface area (Å²) < 4.78 is 19.1. The average Bonchev–Trinajstić information content (AvgIpc) is 3.16. The van der Waals surface area contributed by atoms with Crippen molar-refractivity contribution in [2.75, 3.05) is 13.6 Å². The molecular formula is C14H16FN5O2. The molecule has 2 heterocycles. The van der Waals surface area contributed by atoms with Crippen LogP contribution >= 0.6 is 0 Å². The zero-order valence-corrected chi connectivity index (χ0v) is 12.3. The summed E-state index contributed by atoms with van der Waals surface area (Å²) in [5.41, 5.74) is 0.720. The molecule has 22 heavy (non-hydrogen) atoms. The molecule has 1 aromatic carbocycles. The van der Waals surface area contributed by atoms with Gasteiger partial charge in [0.25, 0.3) is 5.91 Å². The second-order valence-corrected chi connectivity index (χ2v) is 5.43. The van der Waals surface area contributed by atoms with Crippen molar-refractivity contribution in [2.24, 2.45) is 0 Å². The molecule has 0 aliphatic carbocycles. The van der Waals surface area contributed by atoms with E-state index in [2.05, 4.69) is 20.6 Å². The van der Waals surface area contributed by atoms with E-state index in [-0.39, 0.29) is 17.6 Å². The highest BCUT2D eigenvalue weighted by Gasteiger charge is 2.33. The first-order valence-electron chi connectivity index (χ1n) is 6.98. The minimum Gasteiger partial charge on any atom is -0.477 e. The zero-order chi connectivity index (χ0) is 15.7. The van der Waals surface area contributed by atoms with Crippen LogP contribution in [0.3, 0.4) is 0 Å². The van der Waals surface area contributed by atoms with E-state index < -0.39 is 11.9 Å². The van der Waals surface area contributed by atoms with Crippen molar-refractivity contribution in [2.45, 2.75) is 25.4 Å². The molecule has 2 aromatic rings. The Morgan fingerprint density at radius 2 is 2.41 bits per heavy atom. The van der Waals surface area contributed by atoms with Crippen molar-refractivity contribution < 1.29 is 13.9 Å². The van der Waals surface area contributed by atoms with Crippen LogP contribution in [0, 0.1) is 5.82 Å². The number of hydrogen-bond donors (Lipinski definition) is 1. The Kier molecular flexibility index (Phi) is 3.74. The normalized spacial score (nSPS) is 17.7. The van der Waals surface area contributed by atoms with E-state index in [1.165, 1.54) is 6.07 Å². The summed E-state index contributed by atoms with van der Waals surface area (Å²) in [4.78, 5) is 14.0. The molecule has 2 atom stereocenters. The van der Waals surface area contributed by atoms with Crippen LogP contribution in [0.25, 0.3) is 0 Å². The third-order valence-electron chi connectivity index (χ3n) is 3.72. The number of carbonyl (C=O) groups is 1. The van der Waals surface area contributed by atoms with Crippen LogP contribution in [0.4, 0.5) is 4.39 Å². The first-order chi connectivity index (χ1) is 10.6. The van der Waals surface area contributed by atoms with Crippen LogP contribution < -0.4 is 4.74 Å². The quantitative estimate of drug-likeness (QED) is 0.907. The second kappa shape index (κ2) is 5.70. The standard InChI is InChI=1S/C14H16FN5O2/c1-8(13-16-18-19-17-13)7-20(2)14(21)11-6-9-4-3-5-10(15)12(9)22-11/h3-5,8,11H,6-7H2,1-2H3,(H,16,17,18,19)/t8-,11-/m1/s1. The first kappa shape index (κ1) is 14.4. The lowest BCUT2D eigenvalue weighted by atomic mass is 10.1. The number of tetrazole rings is 1. The van der Waals surface area contributed by atoms with Crippen LogP contribution in [-0.2, 0) is 11.2 Å². The van der Waals surface area contributed by atoms with Gasteiger partial charge in [0.05, 0.1) is 0 Å². The number of amides is 1. The molecule has 0 unspecified atom stereocenters. The van der Waals surface area contributed by atoms with Gasteiger partial charge in [-0.25, -0.2) is 4.39 Å². The predicted octanol–water partition coefficient (Wildman–Crippen LogP) is 0.904. The number of ether oxygens (including phenoxy) is 1. The number of likely N-dealkylation sites (N-methyl/N-ethyl adjacent to an activating group) is 1. The number of para-hydroxylation sites is 1. The highest BCUT2D eigenvalue weighted by molar-refractivity contribution is 5.82. The monoisotopic (exact) mass is 305 g/mol. The minimum absolute atomic E-state index is 0.0618. The van der Waals surface area contributed by atoms with Crippen LogP contribution in [0.5, 0.6) is 5.75 Å². The van der Waals surface area contributed by atoms with Gasteiger partial charge in [-0.05, 0) is 6.07 Å². The molecule has 116 valence electrons. The molecule has 0 saturated heterocycles. The molecule has 0 fully saturated rings. The van der Waals surface area contributed by atoms with Gasteiger partial charge in [-0.1, -0.05) is 24.3 Å². The van der Waals surface area contributed by atoms with Gasteiger partial charge in [0.15, 0.2) is 23.5 Å². The van der Waals surface area contributed by atoms with Gasteiger partial charge in [0, 0.05) is 31.5 Å². The summed E-state index contributed by atoms with van der Waals surface area (Å²) in [6.45, 7) is 2.33. The molecule has 0 bridgehead atoms. The van der Waals surface area contributed by atoms with Crippen LogP contribution in [0.2, 0.25) is 0 Å². The topological polar surface area (TPSA) is 84.0 Å². The summed E-state index contributed by atoms with van der Waals surface area (Å²) in [7, 11) is 1.68. The molecule has 1 aromatic heterocycles. The van der Waals surface area contributed by atoms with Crippen molar-refractivity contribution in [3.05, 3.63) is 35.4 Å². The van der Waals surface area contributed by atoms with Crippen molar-refractivity contribution in [3.8, 4) is 5.75 Å². The van der Waals surface area contributed by atoms with E-state index in [0.29, 0.717) is 18.8 Å². The largest absolute Gasteiger partial charge is 0.477 e. The Morgan fingerprint density at radius 3 is 3.09 bits per heavy atom. The molecule has 1 amide bonds. The number of fused-ring (bicyclic) bond motifs is 1. The Balaban J connectivity index is 1.64. The molecule has 7 nitrogen and oxygen atoms in total. The van der Waals surface area contributed by atoms with Gasteiger partial charge in [0.2, 0.25) is 0 Å². The molecule has 0 spiro atoms. The molecule has 0 radical (unpaired) electrons. The number of nitrogens with one attached hydrogen (secondary N) is 1. The fourth-order valence-electron chi connectivity index (χ4n) is 2.57. The lowest BCUT2D eigenvalue weighted by molar-refractivity contribution is -0.136. The SMILES string of the molecule is C[C@H](CN(C)C(=O)[C@H]1Cc2cccc(F)c2O1)c1nn[nH]n1. The van der Waals surface area contributed by atoms with Crippen molar-refractivity contribution in [1.29, 1.82) is 0 Å². The third kappa shape index (κ3) is 2.63. The predicted molar refractivity (Wildman–Crippen MR) is 74.7 cm³/mol. The fraction of sp³-hybridized carbons (Fsp3) is 0.429. The number of hydrogen-bond acceptors (Lipinski definition) is 5. The molecule has 1 aliphatic heterocycles. The van der Waals surface area contributed by atoms with Crippen molar-refractivity contribution in [1.82, 2.24) is 25.5 Å². The Bertz CT molecular complexity index is 676. The van der Waals surface area contributed by atoms with Gasteiger partial charge in [-0.3, -0.25) is 4.79 Å². The van der Waals surface area contributed by atoms with Crippen LogP contribution in [0.15, 0.2) is 18.2 Å². The van der Waals surface area contributed by atoms with Gasteiger partial charge in [-0.15, -0.1) is 10.2 Å². The maximum atomic E-state index is 13.6. The Morgan fingerprint density at radius 1 is 1.59 bits per heavy atom. The molecule has 8 heteroatoms. The highest BCUT2D eigenvalue weighted by atomic mass is 19.1. The van der Waals surface area contributed by atoms with E-state index in [1.807, 2.05) is 6.92 Å². The smallest absolute Gasteiger partial charge is 0.263 e. The molecule has 1 aliphatic rings. The summed E-state index contributed by atoms with van der Waals surface area (Å²) >= 11 is 0. The average molecular weight is 305 g/mol. The maximum absolute atomic E-state index is 13.6. The first-order valence-corrected chi connectivity index (χ1v) is 6.98. The number of halogens is 1. The van der Waals surface area contributed by atoms with E-state index in [9.17, 15) is 9.18 Å². The van der Waals surface area contributed by atoms with Crippen LogP contribution in [-0.4, -0.2) is 51.1 Å². The molecule has 0 saturated carbocycles. The van der Waals surface area contributed by atoms with E-state index in [1.54, 1.807) is 24.1 Å². The second-order valence-electron chi connectivity index (χ2n) is 5.43. The number of aromatic amines is 1. The number of benzene rings is 1. The molecular weight excluding hydrogens is 289 g/mol. The summed E-state index contributed by atoms with van der Waals surface area (Å²) in [5, 5.41) is 13.7. The number of rotatable bonds is 4. The summed E-state index contributed by atoms with van der Waals surface area (Å²) in [6, 6.07) is 4.72. The summed E-state index contributed by atoms with van der Waals surface area (Å²) in [5.74, 6) is 0.0385. The van der Waals surface area contributed by atoms with E-state index in [4.69, 9.17) is 4.74 Å². The van der Waals surface area contributed by atoms with Crippen molar-refractivity contribution >= 4 is 5.91 Å². The maximum Gasteiger partial charge on any atom is 0.263 e. The van der Waals surface area contributed by atoms with Crippen molar-refractivity contribution in [3.63, 3.8) is 0 Å². The number of aromatic nitrogens is 4. The zero-order valence-electron chi connectivity index (χ0n) is 12.3. The van der Waals surface area contributed by atoms with Gasteiger partial charge < -0.3 is 9.64 Å². The Labute approximate surface area is 126 Å². The van der Waals surface area contributed by atoms with Gasteiger partial charge >= 0.3 is 0 Å². The van der Waals surface area contributed by atoms with Gasteiger partial charge in [-0.2, -0.15) is 5.21 Å². The molecule has 3 rings (SSSR count). The van der Waals surface area contributed by atoms with E-state index in [0.717, 1.165) is 5.56 Å². The van der Waals surface area contributed by atoms with Gasteiger partial charge in [0.1, 0.15) is 0 Å². The minimum atomic E-state index is -0.686. The number of carbonyl (C=O) groups excluding carboxylic acids is 1. The lowest BCUT2D eigenvalue weighted by Crippen LogP contribution is -2.40. The third-order valence-corrected chi connectivity index (χ3v) is 3.72. The highest BCUT2D eigenvalue weighted by Crippen LogP contribution is 2.32. The fourth-order valence-corrected chi connectivity index (χ4v) is 2.57. The molecule has 1 N–H and O–H groups in total. The number of nitrogens with zero attached hydrogens (tertiary/aromatic N) is 4.